The number of nitrogens with one attached hydrogen (secondary N) is 1. The van der Waals surface area contributed by atoms with E-state index >= 15 is 0 Å². The van der Waals surface area contributed by atoms with Gasteiger partial charge in [-0.1, -0.05) is 30.3 Å². The molecular formula is C10H8N4. The number of H-pyrrole nitrogens is 1. The van der Waals surface area contributed by atoms with E-state index in [0.29, 0.717) is 5.78 Å². The van der Waals surface area contributed by atoms with Gasteiger partial charge in [0.25, 0.3) is 5.78 Å². The molecule has 0 amide bonds. The van der Waals surface area contributed by atoms with Crippen LogP contribution in [0.4, 0.5) is 0 Å². The molecule has 0 aliphatic carbocycles. The molecule has 68 valence electrons. The third kappa shape index (κ3) is 1.01. The normalized spacial score (nSPS) is 10.9. The monoisotopic (exact) mass is 184 g/mol. The molecule has 0 saturated carbocycles. The first kappa shape index (κ1) is 7.32. The standard InChI is InChI=1S/C10H8N4/c1-2-4-8(5-3-1)9-6-14-10(13-9)11-7-12-14/h1-7H,(H,11,12,13). The van der Waals surface area contributed by atoms with Gasteiger partial charge in [-0.3, -0.25) is 5.10 Å². The minimum Gasteiger partial charge on any atom is -0.281 e. The molecule has 0 unspecified atom stereocenters. The molecule has 0 saturated heterocycles. The lowest BCUT2D eigenvalue weighted by atomic mass is 10.2. The van der Waals surface area contributed by atoms with Gasteiger partial charge >= 0.3 is 0 Å². The van der Waals surface area contributed by atoms with Crippen LogP contribution in [-0.2, 0) is 0 Å². The first-order valence-corrected chi connectivity index (χ1v) is 4.37. The summed E-state index contributed by atoms with van der Waals surface area (Å²) < 4.78 is 1.79. The van der Waals surface area contributed by atoms with Crippen LogP contribution in [0.25, 0.3) is 17.0 Å². The Balaban J connectivity index is 2.19. The van der Waals surface area contributed by atoms with Crippen molar-refractivity contribution in [3.63, 3.8) is 0 Å². The van der Waals surface area contributed by atoms with Crippen molar-refractivity contribution in [1.82, 2.24) is 19.6 Å². The minimum absolute atomic E-state index is 0.698. The lowest BCUT2D eigenvalue weighted by Gasteiger charge is -1.92. The number of aromatic amines is 1. The van der Waals surface area contributed by atoms with E-state index in [1.54, 1.807) is 10.8 Å². The second-order valence-corrected chi connectivity index (χ2v) is 3.05. The number of fused-ring (bicyclic) bond motifs is 1. The number of aromatic nitrogens is 4. The summed E-state index contributed by atoms with van der Waals surface area (Å²) in [6.45, 7) is 0. The highest BCUT2D eigenvalue weighted by Crippen LogP contribution is 2.16. The van der Waals surface area contributed by atoms with Crippen LogP contribution in [0.15, 0.2) is 42.9 Å². The Morgan fingerprint density at radius 3 is 2.79 bits per heavy atom. The van der Waals surface area contributed by atoms with Crippen LogP contribution in [0.5, 0.6) is 0 Å². The number of hydrogen-bond acceptors (Lipinski definition) is 2. The smallest absolute Gasteiger partial charge is 0.250 e. The van der Waals surface area contributed by atoms with Gasteiger partial charge in [0.2, 0.25) is 0 Å². The van der Waals surface area contributed by atoms with Gasteiger partial charge in [0.05, 0.1) is 11.9 Å². The van der Waals surface area contributed by atoms with Crippen LogP contribution in [0.3, 0.4) is 0 Å². The lowest BCUT2D eigenvalue weighted by Crippen LogP contribution is -1.77. The van der Waals surface area contributed by atoms with E-state index in [-0.39, 0.29) is 0 Å². The first-order chi connectivity index (χ1) is 6.93. The van der Waals surface area contributed by atoms with Crippen molar-refractivity contribution in [2.24, 2.45) is 0 Å². The van der Waals surface area contributed by atoms with Gasteiger partial charge < -0.3 is 0 Å². The highest BCUT2D eigenvalue weighted by molar-refractivity contribution is 5.60. The third-order valence-corrected chi connectivity index (χ3v) is 2.13. The van der Waals surface area contributed by atoms with Crippen LogP contribution in [0, 0.1) is 0 Å². The van der Waals surface area contributed by atoms with Crippen LogP contribution in [-0.4, -0.2) is 19.6 Å². The summed E-state index contributed by atoms with van der Waals surface area (Å²) in [5.41, 5.74) is 2.04. The topological polar surface area (TPSA) is 46.0 Å². The third-order valence-electron chi connectivity index (χ3n) is 2.13. The van der Waals surface area contributed by atoms with Gasteiger partial charge in [0, 0.05) is 5.56 Å². The molecule has 0 bridgehead atoms. The Bertz CT molecular complexity index is 521. The number of hydrogen-bond donors (Lipinski definition) is 1. The first-order valence-electron chi connectivity index (χ1n) is 4.37. The van der Waals surface area contributed by atoms with E-state index in [2.05, 4.69) is 15.1 Å². The maximum atomic E-state index is 4.36. The van der Waals surface area contributed by atoms with Crippen LogP contribution in [0.1, 0.15) is 0 Å². The Morgan fingerprint density at radius 1 is 1.14 bits per heavy atom. The zero-order valence-corrected chi connectivity index (χ0v) is 7.38. The fraction of sp³-hybridized carbons (Fsp3) is 0. The molecule has 4 heteroatoms. The van der Waals surface area contributed by atoms with E-state index in [9.17, 15) is 0 Å². The molecule has 4 nitrogen and oxygen atoms in total. The Labute approximate surface area is 80.2 Å². The molecule has 0 radical (unpaired) electrons. The summed E-state index contributed by atoms with van der Waals surface area (Å²) in [5, 5.41) is 2.95. The van der Waals surface area contributed by atoms with Crippen LogP contribution in [0.2, 0.25) is 0 Å². The molecule has 0 spiro atoms. The predicted molar refractivity (Wildman–Crippen MR) is 52.8 cm³/mol. The predicted octanol–water partition coefficient (Wildman–Crippen LogP) is 1.72. The van der Waals surface area contributed by atoms with Gasteiger partial charge in [-0.2, -0.15) is 0 Å². The molecule has 3 aromatic rings. The highest BCUT2D eigenvalue weighted by Gasteiger charge is 2.03. The Morgan fingerprint density at radius 2 is 2.00 bits per heavy atom. The zero-order chi connectivity index (χ0) is 9.38. The van der Waals surface area contributed by atoms with Gasteiger partial charge in [-0.25, -0.2) is 14.5 Å². The van der Waals surface area contributed by atoms with E-state index in [0.717, 1.165) is 11.3 Å². The van der Waals surface area contributed by atoms with Crippen molar-refractivity contribution in [3.05, 3.63) is 42.9 Å². The molecular weight excluding hydrogens is 176 g/mol. The molecule has 3 rings (SSSR count). The summed E-state index contributed by atoms with van der Waals surface area (Å²) in [7, 11) is 0. The summed E-state index contributed by atoms with van der Waals surface area (Å²) in [5.74, 6) is 0.698. The number of nitrogens with zero attached hydrogens (tertiary/aromatic N) is 3. The number of rotatable bonds is 1. The van der Waals surface area contributed by atoms with Crippen molar-refractivity contribution in [1.29, 1.82) is 0 Å². The van der Waals surface area contributed by atoms with E-state index in [1.807, 2.05) is 36.5 Å². The summed E-state index contributed by atoms with van der Waals surface area (Å²) in [6.07, 6.45) is 3.55. The molecule has 0 fully saturated rings. The Kier molecular flexibility index (Phi) is 1.41. The van der Waals surface area contributed by atoms with Gasteiger partial charge in [0.1, 0.15) is 6.33 Å². The zero-order valence-electron chi connectivity index (χ0n) is 7.38. The molecule has 2 aromatic heterocycles. The molecule has 2 heterocycles. The second-order valence-electron chi connectivity index (χ2n) is 3.05. The maximum Gasteiger partial charge on any atom is 0.250 e. The molecule has 0 atom stereocenters. The summed E-state index contributed by atoms with van der Waals surface area (Å²) in [4.78, 5) is 8.42. The largest absolute Gasteiger partial charge is 0.281 e. The minimum atomic E-state index is 0.698. The van der Waals surface area contributed by atoms with Crippen molar-refractivity contribution in [2.45, 2.75) is 0 Å². The SMILES string of the molecule is c1ccc(-c2cn3[nH]cnc3n2)cc1. The quantitative estimate of drug-likeness (QED) is 0.626. The summed E-state index contributed by atoms with van der Waals surface area (Å²) in [6, 6.07) is 10.0. The summed E-state index contributed by atoms with van der Waals surface area (Å²) >= 11 is 0. The Hall–Kier alpha value is -2.10. The van der Waals surface area contributed by atoms with Crippen LogP contribution < -0.4 is 0 Å². The average Bonchev–Trinajstić information content (AvgIpc) is 2.78. The van der Waals surface area contributed by atoms with Gasteiger partial charge in [-0.15, -0.1) is 0 Å². The molecule has 14 heavy (non-hydrogen) atoms. The van der Waals surface area contributed by atoms with Crippen molar-refractivity contribution >= 4 is 5.78 Å². The van der Waals surface area contributed by atoms with E-state index in [1.165, 1.54) is 0 Å². The van der Waals surface area contributed by atoms with Crippen molar-refractivity contribution in [2.75, 3.05) is 0 Å². The van der Waals surface area contributed by atoms with Gasteiger partial charge in [-0.05, 0) is 0 Å². The molecule has 1 aromatic carbocycles. The molecule has 0 aliphatic rings. The second kappa shape index (κ2) is 2.70. The van der Waals surface area contributed by atoms with E-state index < -0.39 is 0 Å². The van der Waals surface area contributed by atoms with Crippen molar-refractivity contribution in [3.8, 4) is 11.3 Å². The van der Waals surface area contributed by atoms with Gasteiger partial charge in [0.15, 0.2) is 0 Å². The molecule has 1 N–H and O–H groups in total. The maximum absolute atomic E-state index is 4.36. The fourth-order valence-electron chi connectivity index (χ4n) is 1.45. The average molecular weight is 184 g/mol. The lowest BCUT2D eigenvalue weighted by molar-refractivity contribution is 0.974. The highest BCUT2D eigenvalue weighted by atomic mass is 15.3. The number of benzene rings is 1. The number of imidazole rings is 1. The molecule has 0 aliphatic heterocycles. The van der Waals surface area contributed by atoms with Crippen LogP contribution >= 0.6 is 0 Å². The van der Waals surface area contributed by atoms with Crippen molar-refractivity contribution < 1.29 is 0 Å². The van der Waals surface area contributed by atoms with E-state index in [4.69, 9.17) is 0 Å². The fourth-order valence-corrected chi connectivity index (χ4v) is 1.45.